The Kier molecular flexibility index (Phi) is 4.02. The van der Waals surface area contributed by atoms with Crippen LogP contribution in [0.25, 0.3) is 11.5 Å². The molecule has 0 unspecified atom stereocenters. The SMILES string of the molecule is Fc1cccc(F)c1NCc1nnc(-c2ccc(Cl)cc2)o1. The van der Waals surface area contributed by atoms with Gasteiger partial charge in [-0.2, -0.15) is 0 Å². The lowest BCUT2D eigenvalue weighted by atomic mass is 10.2. The molecule has 22 heavy (non-hydrogen) atoms. The monoisotopic (exact) mass is 321 g/mol. The maximum absolute atomic E-state index is 13.5. The van der Waals surface area contributed by atoms with Crippen LogP contribution in [0.5, 0.6) is 0 Å². The molecule has 0 saturated heterocycles. The number of nitrogens with zero attached hydrogens (tertiary/aromatic N) is 2. The predicted octanol–water partition coefficient (Wildman–Crippen LogP) is 4.28. The summed E-state index contributed by atoms with van der Waals surface area (Å²) in [7, 11) is 0. The number of nitrogens with one attached hydrogen (secondary N) is 1. The maximum atomic E-state index is 13.5. The fourth-order valence-electron chi connectivity index (χ4n) is 1.86. The molecule has 2 aromatic carbocycles. The third kappa shape index (κ3) is 3.07. The minimum atomic E-state index is -0.683. The molecule has 0 aliphatic heterocycles. The first kappa shape index (κ1) is 14.5. The third-order valence-electron chi connectivity index (χ3n) is 2.94. The summed E-state index contributed by atoms with van der Waals surface area (Å²) in [6.45, 7) is 0.0123. The van der Waals surface area contributed by atoms with Crippen LogP contribution in [0, 0.1) is 11.6 Å². The van der Waals surface area contributed by atoms with Crippen molar-refractivity contribution in [1.82, 2.24) is 10.2 Å². The topological polar surface area (TPSA) is 51.0 Å². The van der Waals surface area contributed by atoms with Crippen LogP contribution in [0.15, 0.2) is 46.9 Å². The van der Waals surface area contributed by atoms with Gasteiger partial charge in [0.25, 0.3) is 0 Å². The van der Waals surface area contributed by atoms with Gasteiger partial charge in [-0.05, 0) is 36.4 Å². The fourth-order valence-corrected chi connectivity index (χ4v) is 1.99. The highest BCUT2D eigenvalue weighted by Crippen LogP contribution is 2.22. The molecule has 7 heteroatoms. The molecule has 0 bridgehead atoms. The average molecular weight is 322 g/mol. The van der Waals surface area contributed by atoms with Crippen LogP contribution in [0.2, 0.25) is 5.02 Å². The summed E-state index contributed by atoms with van der Waals surface area (Å²) < 4.78 is 32.4. The van der Waals surface area contributed by atoms with Gasteiger partial charge in [0.1, 0.15) is 17.3 Å². The van der Waals surface area contributed by atoms with Gasteiger partial charge < -0.3 is 9.73 Å². The number of halogens is 3. The van der Waals surface area contributed by atoms with Gasteiger partial charge in [-0.1, -0.05) is 17.7 Å². The van der Waals surface area contributed by atoms with E-state index < -0.39 is 11.6 Å². The Morgan fingerprint density at radius 2 is 1.68 bits per heavy atom. The largest absolute Gasteiger partial charge is 0.419 e. The van der Waals surface area contributed by atoms with Gasteiger partial charge in [0.15, 0.2) is 0 Å². The van der Waals surface area contributed by atoms with Crippen LogP contribution in [0.4, 0.5) is 14.5 Å². The van der Waals surface area contributed by atoms with E-state index in [1.165, 1.54) is 18.2 Å². The zero-order valence-corrected chi connectivity index (χ0v) is 11.9. The van der Waals surface area contributed by atoms with E-state index in [4.69, 9.17) is 16.0 Å². The van der Waals surface area contributed by atoms with E-state index in [0.29, 0.717) is 16.5 Å². The van der Waals surface area contributed by atoms with Gasteiger partial charge in [-0.15, -0.1) is 10.2 Å². The van der Waals surface area contributed by atoms with Crippen molar-refractivity contribution in [3.63, 3.8) is 0 Å². The molecule has 0 spiro atoms. The second-order valence-electron chi connectivity index (χ2n) is 4.46. The first-order chi connectivity index (χ1) is 10.6. The molecule has 0 aliphatic rings. The van der Waals surface area contributed by atoms with Gasteiger partial charge >= 0.3 is 0 Å². The van der Waals surface area contributed by atoms with Crippen molar-refractivity contribution in [2.45, 2.75) is 6.54 Å². The lowest BCUT2D eigenvalue weighted by molar-refractivity contribution is 0.512. The molecule has 1 aromatic heterocycles. The van der Waals surface area contributed by atoms with Crippen LogP contribution in [0.3, 0.4) is 0 Å². The van der Waals surface area contributed by atoms with E-state index in [1.54, 1.807) is 24.3 Å². The van der Waals surface area contributed by atoms with Crippen molar-refractivity contribution in [2.75, 3.05) is 5.32 Å². The van der Waals surface area contributed by atoms with E-state index in [-0.39, 0.29) is 18.1 Å². The molecule has 0 radical (unpaired) electrons. The van der Waals surface area contributed by atoms with Gasteiger partial charge in [0, 0.05) is 10.6 Å². The number of anilines is 1. The molecule has 4 nitrogen and oxygen atoms in total. The van der Waals surface area contributed by atoms with Crippen molar-refractivity contribution >= 4 is 17.3 Å². The molecule has 1 heterocycles. The van der Waals surface area contributed by atoms with E-state index in [1.807, 2.05) is 0 Å². The molecular weight excluding hydrogens is 312 g/mol. The van der Waals surface area contributed by atoms with E-state index >= 15 is 0 Å². The molecule has 0 fully saturated rings. The smallest absolute Gasteiger partial charge is 0.247 e. The molecule has 1 N–H and O–H groups in total. The first-order valence-corrected chi connectivity index (χ1v) is 6.77. The fraction of sp³-hybridized carbons (Fsp3) is 0.0667. The first-order valence-electron chi connectivity index (χ1n) is 6.39. The van der Waals surface area contributed by atoms with Gasteiger partial charge in [0.05, 0.1) is 6.54 Å². The molecule has 0 aliphatic carbocycles. The third-order valence-corrected chi connectivity index (χ3v) is 3.19. The Balaban J connectivity index is 1.73. The quantitative estimate of drug-likeness (QED) is 0.779. The maximum Gasteiger partial charge on any atom is 0.247 e. The normalized spacial score (nSPS) is 10.7. The summed E-state index contributed by atoms with van der Waals surface area (Å²) in [4.78, 5) is 0. The minimum Gasteiger partial charge on any atom is -0.419 e. The van der Waals surface area contributed by atoms with Gasteiger partial charge in [-0.3, -0.25) is 0 Å². The summed E-state index contributed by atoms with van der Waals surface area (Å²) >= 11 is 5.80. The highest BCUT2D eigenvalue weighted by Gasteiger charge is 2.11. The standard InChI is InChI=1S/C15H10ClF2N3O/c16-10-6-4-9(5-7-10)15-21-20-13(22-15)8-19-14-11(17)2-1-3-12(14)18/h1-7,19H,8H2. The summed E-state index contributed by atoms with van der Waals surface area (Å²) in [6, 6.07) is 10.5. The molecule has 0 atom stereocenters. The molecule has 0 amide bonds. The Bertz CT molecular complexity index is 769. The van der Waals surface area contributed by atoms with Crippen molar-refractivity contribution in [3.8, 4) is 11.5 Å². The number of hydrogen-bond donors (Lipinski definition) is 1. The van der Waals surface area contributed by atoms with Gasteiger partial charge in [0.2, 0.25) is 11.8 Å². The van der Waals surface area contributed by atoms with Crippen LogP contribution in [-0.2, 0) is 6.54 Å². The number of para-hydroxylation sites is 1. The van der Waals surface area contributed by atoms with E-state index in [0.717, 1.165) is 0 Å². The predicted molar refractivity (Wildman–Crippen MR) is 78.4 cm³/mol. The van der Waals surface area contributed by atoms with Crippen molar-refractivity contribution in [3.05, 3.63) is 65.0 Å². The molecule has 112 valence electrons. The van der Waals surface area contributed by atoms with Crippen LogP contribution in [-0.4, -0.2) is 10.2 Å². The highest BCUT2D eigenvalue weighted by molar-refractivity contribution is 6.30. The van der Waals surface area contributed by atoms with Crippen LogP contribution < -0.4 is 5.32 Å². The Labute approximate surface area is 129 Å². The molecular formula is C15H10ClF2N3O. The second kappa shape index (κ2) is 6.11. The zero-order chi connectivity index (χ0) is 15.5. The van der Waals surface area contributed by atoms with Crippen molar-refractivity contribution in [1.29, 1.82) is 0 Å². The summed E-state index contributed by atoms with van der Waals surface area (Å²) in [6.07, 6.45) is 0. The van der Waals surface area contributed by atoms with E-state index in [9.17, 15) is 8.78 Å². The Morgan fingerprint density at radius 1 is 1.00 bits per heavy atom. The van der Waals surface area contributed by atoms with Crippen molar-refractivity contribution in [2.24, 2.45) is 0 Å². The van der Waals surface area contributed by atoms with Gasteiger partial charge in [-0.25, -0.2) is 8.78 Å². The number of benzene rings is 2. The molecule has 3 aromatic rings. The lowest BCUT2D eigenvalue weighted by Crippen LogP contribution is -2.04. The average Bonchev–Trinajstić information content (AvgIpc) is 2.96. The molecule has 3 rings (SSSR count). The van der Waals surface area contributed by atoms with Crippen LogP contribution >= 0.6 is 11.6 Å². The summed E-state index contributed by atoms with van der Waals surface area (Å²) in [5.41, 5.74) is 0.481. The number of rotatable bonds is 4. The Hall–Kier alpha value is -2.47. The second-order valence-corrected chi connectivity index (χ2v) is 4.89. The lowest BCUT2D eigenvalue weighted by Gasteiger charge is -2.05. The summed E-state index contributed by atoms with van der Waals surface area (Å²) in [5, 5.41) is 10.9. The Morgan fingerprint density at radius 3 is 2.36 bits per heavy atom. The molecule has 0 saturated carbocycles. The minimum absolute atomic E-state index is 0.0123. The summed E-state index contributed by atoms with van der Waals surface area (Å²) in [5.74, 6) is -0.843. The van der Waals surface area contributed by atoms with Crippen molar-refractivity contribution < 1.29 is 13.2 Å². The zero-order valence-electron chi connectivity index (χ0n) is 11.2. The van der Waals surface area contributed by atoms with Crippen LogP contribution in [0.1, 0.15) is 5.89 Å². The van der Waals surface area contributed by atoms with E-state index in [2.05, 4.69) is 15.5 Å². The highest BCUT2D eigenvalue weighted by atomic mass is 35.5. The number of aromatic nitrogens is 2. The number of hydrogen-bond acceptors (Lipinski definition) is 4.